The number of benzene rings is 1. The lowest BCUT2D eigenvalue weighted by molar-refractivity contribution is 0.107. The zero-order valence-electron chi connectivity index (χ0n) is 9.45. The summed E-state index contributed by atoms with van der Waals surface area (Å²) >= 11 is 5.97. The first-order valence-corrected chi connectivity index (χ1v) is 5.85. The van der Waals surface area contributed by atoms with Crippen LogP contribution in [-0.4, -0.2) is 31.2 Å². The molecule has 0 spiro atoms. The van der Waals surface area contributed by atoms with Crippen LogP contribution in [0.3, 0.4) is 0 Å². The first kappa shape index (κ1) is 11.7. The summed E-state index contributed by atoms with van der Waals surface area (Å²) in [5.41, 5.74) is 7.65. The van der Waals surface area contributed by atoms with E-state index in [-0.39, 0.29) is 0 Å². The highest BCUT2D eigenvalue weighted by Gasteiger charge is 2.21. The first-order chi connectivity index (χ1) is 7.67. The number of hydrogen-bond acceptors (Lipinski definition) is 3. The Morgan fingerprint density at radius 1 is 1.50 bits per heavy atom. The fraction of sp³-hybridized carbons (Fsp3) is 0.500. The highest BCUT2D eigenvalue weighted by atomic mass is 35.5. The van der Waals surface area contributed by atoms with Gasteiger partial charge in [0.25, 0.3) is 0 Å². The summed E-state index contributed by atoms with van der Waals surface area (Å²) in [5.74, 6) is 0. The van der Waals surface area contributed by atoms with Crippen LogP contribution in [0.5, 0.6) is 0 Å². The molecule has 1 aromatic carbocycles. The number of nitrogens with zero attached hydrogens (tertiary/aromatic N) is 1. The van der Waals surface area contributed by atoms with Gasteiger partial charge in [-0.25, -0.2) is 0 Å². The average molecular weight is 241 g/mol. The lowest BCUT2D eigenvalue weighted by Gasteiger charge is -2.16. The van der Waals surface area contributed by atoms with Gasteiger partial charge in [0.1, 0.15) is 0 Å². The lowest BCUT2D eigenvalue weighted by Crippen LogP contribution is -2.22. The molecule has 0 radical (unpaired) electrons. The Kier molecular flexibility index (Phi) is 3.69. The number of ether oxygens (including phenoxy) is 1. The second kappa shape index (κ2) is 5.04. The molecule has 3 nitrogen and oxygen atoms in total. The van der Waals surface area contributed by atoms with Crippen molar-refractivity contribution in [1.29, 1.82) is 0 Å². The van der Waals surface area contributed by atoms with E-state index < -0.39 is 0 Å². The number of halogens is 1. The van der Waals surface area contributed by atoms with Crippen LogP contribution in [0.2, 0.25) is 5.02 Å². The minimum absolute atomic E-state index is 0.372. The zero-order chi connectivity index (χ0) is 11.5. The summed E-state index contributed by atoms with van der Waals surface area (Å²) in [5, 5.41) is 0.706. The molecule has 88 valence electrons. The molecule has 1 atom stereocenters. The van der Waals surface area contributed by atoms with Crippen LogP contribution in [-0.2, 0) is 11.3 Å². The minimum atomic E-state index is 0.372. The molecule has 1 aliphatic heterocycles. The van der Waals surface area contributed by atoms with E-state index in [2.05, 4.69) is 4.90 Å². The molecule has 1 unspecified atom stereocenters. The van der Waals surface area contributed by atoms with Crippen LogP contribution in [0.4, 0.5) is 5.69 Å². The summed E-state index contributed by atoms with van der Waals surface area (Å²) < 4.78 is 5.33. The number of nitrogens with two attached hydrogens (primary N) is 1. The van der Waals surface area contributed by atoms with Gasteiger partial charge in [-0.05, 0) is 30.2 Å². The molecule has 2 N–H and O–H groups in total. The van der Waals surface area contributed by atoms with Crippen molar-refractivity contribution >= 4 is 17.3 Å². The van der Waals surface area contributed by atoms with Gasteiger partial charge in [-0.1, -0.05) is 11.6 Å². The number of anilines is 1. The summed E-state index contributed by atoms with van der Waals surface area (Å²) in [6.45, 7) is 2.96. The second-order valence-electron chi connectivity index (χ2n) is 4.27. The average Bonchev–Trinajstić information content (AvgIpc) is 2.64. The molecule has 1 saturated heterocycles. The van der Waals surface area contributed by atoms with E-state index in [1.807, 2.05) is 12.1 Å². The third-order valence-corrected chi connectivity index (χ3v) is 3.17. The van der Waals surface area contributed by atoms with Crippen molar-refractivity contribution in [1.82, 2.24) is 4.90 Å². The van der Waals surface area contributed by atoms with E-state index in [9.17, 15) is 0 Å². The maximum atomic E-state index is 5.97. The quantitative estimate of drug-likeness (QED) is 0.823. The van der Waals surface area contributed by atoms with Crippen molar-refractivity contribution in [3.8, 4) is 0 Å². The minimum Gasteiger partial charge on any atom is -0.399 e. The smallest absolute Gasteiger partial charge is 0.0710 e. The van der Waals surface area contributed by atoms with Crippen molar-refractivity contribution in [2.24, 2.45) is 0 Å². The van der Waals surface area contributed by atoms with Crippen LogP contribution in [0, 0.1) is 0 Å². The molecular weight excluding hydrogens is 224 g/mol. The predicted molar refractivity (Wildman–Crippen MR) is 66.6 cm³/mol. The summed E-state index contributed by atoms with van der Waals surface area (Å²) in [7, 11) is 1.77. The normalized spacial score (nSPS) is 21.5. The van der Waals surface area contributed by atoms with E-state index in [4.69, 9.17) is 22.1 Å². The molecule has 2 rings (SSSR count). The molecule has 16 heavy (non-hydrogen) atoms. The van der Waals surface area contributed by atoms with Crippen LogP contribution < -0.4 is 5.73 Å². The van der Waals surface area contributed by atoms with E-state index in [1.54, 1.807) is 13.2 Å². The molecule has 1 aliphatic rings. The molecule has 0 saturated carbocycles. The first-order valence-electron chi connectivity index (χ1n) is 5.47. The van der Waals surface area contributed by atoms with Crippen LogP contribution >= 0.6 is 11.6 Å². The molecule has 0 aliphatic carbocycles. The Morgan fingerprint density at radius 2 is 2.31 bits per heavy atom. The maximum Gasteiger partial charge on any atom is 0.0710 e. The number of nitrogen functional groups attached to an aromatic ring is 1. The molecule has 0 amide bonds. The van der Waals surface area contributed by atoms with Gasteiger partial charge < -0.3 is 10.5 Å². The molecule has 1 aromatic rings. The highest BCUT2D eigenvalue weighted by Crippen LogP contribution is 2.20. The van der Waals surface area contributed by atoms with Gasteiger partial charge in [-0.15, -0.1) is 0 Å². The van der Waals surface area contributed by atoms with Gasteiger partial charge in [0.15, 0.2) is 0 Å². The Morgan fingerprint density at radius 3 is 2.94 bits per heavy atom. The van der Waals surface area contributed by atoms with E-state index in [0.717, 1.165) is 31.7 Å². The third kappa shape index (κ3) is 2.88. The summed E-state index contributed by atoms with van der Waals surface area (Å²) in [4.78, 5) is 2.36. The van der Waals surface area contributed by atoms with E-state index >= 15 is 0 Å². The largest absolute Gasteiger partial charge is 0.399 e. The van der Waals surface area contributed by atoms with Gasteiger partial charge in [0, 0.05) is 37.5 Å². The van der Waals surface area contributed by atoms with E-state index in [0.29, 0.717) is 11.1 Å². The Labute approximate surface area is 101 Å². The monoisotopic (exact) mass is 240 g/mol. The summed E-state index contributed by atoms with van der Waals surface area (Å²) in [6, 6.07) is 5.72. The van der Waals surface area contributed by atoms with Crippen molar-refractivity contribution in [3.63, 3.8) is 0 Å². The maximum absolute atomic E-state index is 5.97. The molecule has 1 fully saturated rings. The molecule has 4 heteroatoms. The molecule has 0 aromatic heterocycles. The van der Waals surface area contributed by atoms with Gasteiger partial charge in [-0.2, -0.15) is 0 Å². The fourth-order valence-corrected chi connectivity index (χ4v) is 2.42. The fourth-order valence-electron chi connectivity index (χ4n) is 2.16. The van der Waals surface area contributed by atoms with Crippen LogP contribution in [0.15, 0.2) is 18.2 Å². The predicted octanol–water partition coefficient (Wildman–Crippen LogP) is 2.14. The zero-order valence-corrected chi connectivity index (χ0v) is 10.2. The van der Waals surface area contributed by atoms with Gasteiger partial charge >= 0.3 is 0 Å². The molecule has 0 bridgehead atoms. The van der Waals surface area contributed by atoms with Crippen molar-refractivity contribution in [2.45, 2.75) is 19.1 Å². The van der Waals surface area contributed by atoms with Crippen LogP contribution in [0.25, 0.3) is 0 Å². The Balaban J connectivity index is 1.99. The molecule has 1 heterocycles. The number of rotatable bonds is 3. The van der Waals surface area contributed by atoms with Crippen molar-refractivity contribution in [2.75, 3.05) is 25.9 Å². The third-order valence-electron chi connectivity index (χ3n) is 2.95. The van der Waals surface area contributed by atoms with Crippen molar-refractivity contribution < 1.29 is 4.74 Å². The number of likely N-dealkylation sites (tertiary alicyclic amines) is 1. The number of hydrogen-bond donors (Lipinski definition) is 1. The van der Waals surface area contributed by atoms with Gasteiger partial charge in [-0.3, -0.25) is 4.90 Å². The van der Waals surface area contributed by atoms with Gasteiger partial charge in [0.2, 0.25) is 0 Å². The molecular formula is C12H17ClN2O. The lowest BCUT2D eigenvalue weighted by atomic mass is 10.2. The SMILES string of the molecule is COC1CCN(Cc2cc(N)cc(Cl)c2)C1. The standard InChI is InChI=1S/C12H17ClN2O/c1-16-12-2-3-15(8-12)7-9-4-10(13)6-11(14)5-9/h4-6,12H,2-3,7-8,14H2,1H3. The second-order valence-corrected chi connectivity index (χ2v) is 4.71. The van der Waals surface area contributed by atoms with Crippen molar-refractivity contribution in [3.05, 3.63) is 28.8 Å². The van der Waals surface area contributed by atoms with Gasteiger partial charge in [0.05, 0.1) is 6.10 Å². The highest BCUT2D eigenvalue weighted by molar-refractivity contribution is 6.30. The number of methoxy groups -OCH3 is 1. The van der Waals surface area contributed by atoms with Crippen LogP contribution in [0.1, 0.15) is 12.0 Å². The summed E-state index contributed by atoms with van der Waals surface area (Å²) in [6.07, 6.45) is 1.48. The Hall–Kier alpha value is -0.770. The Bertz CT molecular complexity index is 350. The topological polar surface area (TPSA) is 38.5 Å². The van der Waals surface area contributed by atoms with E-state index in [1.165, 1.54) is 5.56 Å².